The Morgan fingerprint density at radius 2 is 2.00 bits per heavy atom. The van der Waals surface area contributed by atoms with Crippen molar-refractivity contribution in [1.29, 1.82) is 0 Å². The average molecular weight is 300 g/mol. The van der Waals surface area contributed by atoms with Crippen molar-refractivity contribution in [2.45, 2.75) is 39.2 Å². The molecule has 4 heteroatoms. The Balaban J connectivity index is 1.66. The number of hydrogen-bond acceptors (Lipinski definition) is 3. The fraction of sp³-hybridized carbons (Fsp3) is 0.500. The molecular weight excluding hydrogens is 276 g/mol. The van der Waals surface area contributed by atoms with Crippen LogP contribution in [0, 0.1) is 6.92 Å². The molecule has 0 spiro atoms. The van der Waals surface area contributed by atoms with Gasteiger partial charge in [0.25, 0.3) is 5.91 Å². The van der Waals surface area contributed by atoms with E-state index in [1.165, 1.54) is 19.3 Å². The number of benzene rings is 1. The van der Waals surface area contributed by atoms with Crippen LogP contribution in [0.2, 0.25) is 0 Å². The van der Waals surface area contributed by atoms with Crippen molar-refractivity contribution in [2.24, 2.45) is 0 Å². The van der Waals surface area contributed by atoms with Crippen LogP contribution in [0.4, 0.5) is 0 Å². The lowest BCUT2D eigenvalue weighted by molar-refractivity contribution is 0.0899. The summed E-state index contributed by atoms with van der Waals surface area (Å²) in [5.74, 6) is 0.324. The second-order valence-corrected chi connectivity index (χ2v) is 6.29. The average Bonchev–Trinajstić information content (AvgIpc) is 2.86. The lowest BCUT2D eigenvalue weighted by Gasteiger charge is -2.29. The molecule has 0 unspecified atom stereocenters. The quantitative estimate of drug-likeness (QED) is 0.942. The molecule has 1 atom stereocenters. The first-order valence-electron chi connectivity index (χ1n) is 8.16. The van der Waals surface area contributed by atoms with Crippen molar-refractivity contribution in [1.82, 2.24) is 10.2 Å². The minimum atomic E-state index is -0.113. The number of carbonyl (C=O) groups is 1. The molecule has 1 aliphatic heterocycles. The number of carbonyl (C=O) groups excluding carboxylic acids is 1. The molecule has 2 aromatic rings. The zero-order valence-corrected chi connectivity index (χ0v) is 13.4. The number of likely N-dealkylation sites (tertiary alicyclic amines) is 1. The largest absolute Gasteiger partial charge is 0.451 e. The SMILES string of the molecule is Cc1c(C(=O)N[C@H](C)CN2CCCCC2)oc2ccccc12. The predicted molar refractivity (Wildman–Crippen MR) is 88.2 cm³/mol. The zero-order valence-electron chi connectivity index (χ0n) is 13.4. The molecule has 1 aromatic heterocycles. The minimum Gasteiger partial charge on any atom is -0.451 e. The van der Waals surface area contributed by atoms with Crippen molar-refractivity contribution in [3.05, 3.63) is 35.6 Å². The van der Waals surface area contributed by atoms with E-state index >= 15 is 0 Å². The molecule has 2 heterocycles. The molecule has 0 saturated carbocycles. The van der Waals surface area contributed by atoms with E-state index in [0.717, 1.165) is 36.2 Å². The van der Waals surface area contributed by atoms with Crippen molar-refractivity contribution < 1.29 is 9.21 Å². The predicted octanol–water partition coefficient (Wildman–Crippen LogP) is 3.35. The number of amides is 1. The molecule has 1 aliphatic rings. The Labute approximate surface area is 131 Å². The lowest BCUT2D eigenvalue weighted by atomic mass is 10.1. The van der Waals surface area contributed by atoms with Gasteiger partial charge in [-0.05, 0) is 45.8 Å². The van der Waals surface area contributed by atoms with E-state index in [4.69, 9.17) is 4.42 Å². The highest BCUT2D eigenvalue weighted by atomic mass is 16.3. The summed E-state index contributed by atoms with van der Waals surface area (Å²) in [6, 6.07) is 7.90. The Kier molecular flexibility index (Phi) is 4.48. The van der Waals surface area contributed by atoms with Gasteiger partial charge in [0.15, 0.2) is 5.76 Å². The first-order chi connectivity index (χ1) is 10.6. The molecule has 0 bridgehead atoms. The maximum atomic E-state index is 12.5. The number of nitrogens with one attached hydrogen (secondary N) is 1. The number of rotatable bonds is 4. The highest BCUT2D eigenvalue weighted by Crippen LogP contribution is 2.24. The number of para-hydroxylation sites is 1. The third kappa shape index (κ3) is 3.17. The number of furan rings is 1. The van der Waals surface area contributed by atoms with Gasteiger partial charge in [-0.1, -0.05) is 24.6 Å². The van der Waals surface area contributed by atoms with Gasteiger partial charge in [0.2, 0.25) is 0 Å². The zero-order chi connectivity index (χ0) is 15.5. The Hall–Kier alpha value is -1.81. The van der Waals surface area contributed by atoms with Crippen LogP contribution in [0.15, 0.2) is 28.7 Å². The van der Waals surface area contributed by atoms with Gasteiger partial charge in [-0.3, -0.25) is 4.79 Å². The van der Waals surface area contributed by atoms with Crippen LogP contribution in [0.1, 0.15) is 42.3 Å². The van der Waals surface area contributed by atoms with Gasteiger partial charge in [0.1, 0.15) is 5.58 Å². The first kappa shape index (κ1) is 15.1. The van der Waals surface area contributed by atoms with Gasteiger partial charge >= 0.3 is 0 Å². The van der Waals surface area contributed by atoms with E-state index < -0.39 is 0 Å². The fourth-order valence-corrected chi connectivity index (χ4v) is 3.26. The molecular formula is C18H24N2O2. The second-order valence-electron chi connectivity index (χ2n) is 6.29. The standard InChI is InChI=1S/C18H24N2O2/c1-13(12-20-10-6-3-7-11-20)19-18(21)17-14(2)15-8-4-5-9-16(15)22-17/h4-5,8-9,13H,3,6-7,10-12H2,1-2H3,(H,19,21)/t13-/m1/s1. The van der Waals surface area contributed by atoms with E-state index in [2.05, 4.69) is 17.1 Å². The third-order valence-electron chi connectivity index (χ3n) is 4.41. The molecule has 3 rings (SSSR count). The van der Waals surface area contributed by atoms with Gasteiger partial charge in [0.05, 0.1) is 0 Å². The van der Waals surface area contributed by atoms with Crippen LogP contribution >= 0.6 is 0 Å². The Morgan fingerprint density at radius 3 is 2.73 bits per heavy atom. The summed E-state index contributed by atoms with van der Waals surface area (Å²) in [6.07, 6.45) is 3.86. The van der Waals surface area contributed by atoms with Crippen molar-refractivity contribution in [3.63, 3.8) is 0 Å². The van der Waals surface area contributed by atoms with E-state index in [1.807, 2.05) is 31.2 Å². The summed E-state index contributed by atoms with van der Waals surface area (Å²) in [4.78, 5) is 14.9. The monoisotopic (exact) mass is 300 g/mol. The topological polar surface area (TPSA) is 45.5 Å². The van der Waals surface area contributed by atoms with E-state index in [0.29, 0.717) is 5.76 Å². The number of nitrogens with zero attached hydrogens (tertiary/aromatic N) is 1. The molecule has 4 nitrogen and oxygen atoms in total. The number of hydrogen-bond donors (Lipinski definition) is 1. The Morgan fingerprint density at radius 1 is 1.27 bits per heavy atom. The molecule has 1 N–H and O–H groups in total. The van der Waals surface area contributed by atoms with Gasteiger partial charge in [-0.15, -0.1) is 0 Å². The molecule has 1 amide bonds. The number of fused-ring (bicyclic) bond motifs is 1. The first-order valence-corrected chi connectivity index (χ1v) is 8.16. The molecule has 118 valence electrons. The van der Waals surface area contributed by atoms with Crippen LogP contribution < -0.4 is 5.32 Å². The summed E-state index contributed by atoms with van der Waals surface area (Å²) in [5.41, 5.74) is 1.69. The summed E-state index contributed by atoms with van der Waals surface area (Å²) in [7, 11) is 0. The molecule has 1 fully saturated rings. The van der Waals surface area contributed by atoms with Crippen LogP contribution in [0.3, 0.4) is 0 Å². The second kappa shape index (κ2) is 6.53. The molecule has 22 heavy (non-hydrogen) atoms. The lowest BCUT2D eigenvalue weighted by Crippen LogP contribution is -2.43. The summed E-state index contributed by atoms with van der Waals surface area (Å²) in [5, 5.41) is 4.08. The van der Waals surface area contributed by atoms with Gasteiger partial charge in [-0.25, -0.2) is 0 Å². The van der Waals surface area contributed by atoms with Gasteiger partial charge < -0.3 is 14.6 Å². The highest BCUT2D eigenvalue weighted by molar-refractivity contribution is 5.99. The van der Waals surface area contributed by atoms with Crippen molar-refractivity contribution in [2.75, 3.05) is 19.6 Å². The highest BCUT2D eigenvalue weighted by Gasteiger charge is 2.20. The van der Waals surface area contributed by atoms with Crippen LogP contribution in [-0.4, -0.2) is 36.5 Å². The van der Waals surface area contributed by atoms with Crippen molar-refractivity contribution in [3.8, 4) is 0 Å². The van der Waals surface area contributed by atoms with Crippen LogP contribution in [0.5, 0.6) is 0 Å². The molecule has 0 aliphatic carbocycles. The molecule has 1 saturated heterocycles. The summed E-state index contributed by atoms with van der Waals surface area (Å²) >= 11 is 0. The number of piperidine rings is 1. The smallest absolute Gasteiger partial charge is 0.287 e. The summed E-state index contributed by atoms with van der Waals surface area (Å²) < 4.78 is 5.73. The van der Waals surface area contributed by atoms with E-state index in [1.54, 1.807) is 0 Å². The van der Waals surface area contributed by atoms with E-state index in [9.17, 15) is 4.79 Å². The minimum absolute atomic E-state index is 0.113. The maximum Gasteiger partial charge on any atom is 0.287 e. The third-order valence-corrected chi connectivity index (χ3v) is 4.41. The molecule has 0 radical (unpaired) electrons. The van der Waals surface area contributed by atoms with Crippen molar-refractivity contribution >= 4 is 16.9 Å². The number of aryl methyl sites for hydroxylation is 1. The van der Waals surface area contributed by atoms with Crippen LogP contribution in [-0.2, 0) is 0 Å². The fourth-order valence-electron chi connectivity index (χ4n) is 3.26. The van der Waals surface area contributed by atoms with Gasteiger partial charge in [0, 0.05) is 23.5 Å². The maximum absolute atomic E-state index is 12.5. The van der Waals surface area contributed by atoms with Crippen LogP contribution in [0.25, 0.3) is 11.0 Å². The van der Waals surface area contributed by atoms with E-state index in [-0.39, 0.29) is 11.9 Å². The Bertz CT molecular complexity index is 656. The molecule has 1 aromatic carbocycles. The van der Waals surface area contributed by atoms with Gasteiger partial charge in [-0.2, -0.15) is 0 Å². The summed E-state index contributed by atoms with van der Waals surface area (Å²) in [6.45, 7) is 7.19. The normalized spacial score (nSPS) is 17.5.